The van der Waals surface area contributed by atoms with Crippen molar-refractivity contribution in [1.29, 1.82) is 5.26 Å². The molecule has 4 aromatic rings. The number of likely N-dealkylation sites (N-methyl/N-ethyl adjacent to an activating group) is 1. The lowest BCUT2D eigenvalue weighted by Gasteiger charge is -2.31. The Morgan fingerprint density at radius 1 is 1.13 bits per heavy atom. The monoisotopic (exact) mass is 505 g/mol. The molecule has 2 aliphatic heterocycles. The molecule has 7 nitrogen and oxygen atoms in total. The highest BCUT2D eigenvalue weighted by atomic mass is 16.5. The zero-order chi connectivity index (χ0) is 26.2. The van der Waals surface area contributed by atoms with E-state index in [-0.39, 0.29) is 5.91 Å². The summed E-state index contributed by atoms with van der Waals surface area (Å²) in [5.41, 5.74) is 7.47. The average molecular weight is 506 g/mol. The first-order valence-corrected chi connectivity index (χ1v) is 13.3. The van der Waals surface area contributed by atoms with Crippen molar-refractivity contribution < 1.29 is 9.53 Å². The van der Waals surface area contributed by atoms with E-state index in [1.807, 2.05) is 49.9 Å². The Balaban J connectivity index is 1.45. The first-order valence-electron chi connectivity index (χ1n) is 13.3. The summed E-state index contributed by atoms with van der Waals surface area (Å²) < 4.78 is 8.61. The van der Waals surface area contributed by atoms with Crippen LogP contribution in [0.15, 0.2) is 61.1 Å². The van der Waals surface area contributed by atoms with Crippen LogP contribution in [0.1, 0.15) is 30.9 Å². The number of anilines is 1. The summed E-state index contributed by atoms with van der Waals surface area (Å²) in [5.74, 6) is 1.40. The summed E-state index contributed by atoms with van der Waals surface area (Å²) in [7, 11) is 1.82. The third-order valence-corrected chi connectivity index (χ3v) is 7.94. The highest BCUT2D eigenvalue weighted by molar-refractivity contribution is 6.01. The number of fused-ring (bicyclic) bond motifs is 2. The van der Waals surface area contributed by atoms with Gasteiger partial charge in [-0.25, -0.2) is 4.98 Å². The van der Waals surface area contributed by atoms with Crippen molar-refractivity contribution in [3.63, 3.8) is 0 Å². The molecule has 0 spiro atoms. The van der Waals surface area contributed by atoms with Crippen LogP contribution in [0.4, 0.5) is 5.69 Å². The molecule has 1 amide bonds. The van der Waals surface area contributed by atoms with E-state index in [2.05, 4.69) is 45.5 Å². The summed E-state index contributed by atoms with van der Waals surface area (Å²) in [6.07, 6.45) is 6.46. The predicted molar refractivity (Wildman–Crippen MR) is 148 cm³/mol. The molecule has 0 radical (unpaired) electrons. The first kappa shape index (κ1) is 24.2. The highest BCUT2D eigenvalue weighted by Gasteiger charge is 2.26. The van der Waals surface area contributed by atoms with Gasteiger partial charge in [0.2, 0.25) is 5.91 Å². The molecule has 6 rings (SSSR count). The van der Waals surface area contributed by atoms with Gasteiger partial charge in [-0.15, -0.1) is 0 Å². The molecule has 0 bridgehead atoms. The maximum absolute atomic E-state index is 12.4. The molecule has 192 valence electrons. The van der Waals surface area contributed by atoms with E-state index in [4.69, 9.17) is 4.74 Å². The molecule has 4 heterocycles. The van der Waals surface area contributed by atoms with Gasteiger partial charge in [0, 0.05) is 30.8 Å². The Hall–Kier alpha value is -4.15. The number of aromatic nitrogens is 2. The number of benzene rings is 2. The standard InChI is InChI=1S/C31H31N5O2/c1-3-35-12-4-5-22(18-35)19-38-29-15-26(23-8-6-21(16-32)7-9-23)31(36-20-33-17-28(29)36)24-10-11-27-25(13-24)14-30(37)34(27)2/h6-11,13,15,17,20,22H,3-5,12,14,18-19H2,1-2H3. The Morgan fingerprint density at radius 2 is 1.95 bits per heavy atom. The van der Waals surface area contributed by atoms with Gasteiger partial charge in [-0.1, -0.05) is 25.1 Å². The molecule has 2 aliphatic rings. The Morgan fingerprint density at radius 3 is 2.74 bits per heavy atom. The van der Waals surface area contributed by atoms with E-state index in [9.17, 15) is 10.1 Å². The van der Waals surface area contributed by atoms with Gasteiger partial charge >= 0.3 is 0 Å². The van der Waals surface area contributed by atoms with E-state index >= 15 is 0 Å². The lowest BCUT2D eigenvalue weighted by Crippen LogP contribution is -2.37. The lowest BCUT2D eigenvalue weighted by molar-refractivity contribution is -0.117. The Bertz CT molecular complexity index is 1550. The van der Waals surface area contributed by atoms with Gasteiger partial charge in [0.25, 0.3) is 0 Å². The maximum Gasteiger partial charge on any atom is 0.231 e. The number of pyridine rings is 1. The van der Waals surface area contributed by atoms with Crippen molar-refractivity contribution in [2.75, 3.05) is 38.2 Å². The minimum Gasteiger partial charge on any atom is -0.491 e. The fourth-order valence-corrected chi connectivity index (χ4v) is 5.81. The zero-order valence-electron chi connectivity index (χ0n) is 21.9. The molecule has 0 aliphatic carbocycles. The molecule has 1 fully saturated rings. The number of hydrogen-bond acceptors (Lipinski definition) is 5. The van der Waals surface area contributed by atoms with Crippen molar-refractivity contribution in [2.24, 2.45) is 5.92 Å². The number of likely N-dealkylation sites (tertiary alicyclic amines) is 1. The molecule has 0 N–H and O–H groups in total. The molecule has 2 aromatic heterocycles. The van der Waals surface area contributed by atoms with E-state index in [1.165, 1.54) is 19.4 Å². The highest BCUT2D eigenvalue weighted by Crippen LogP contribution is 2.40. The van der Waals surface area contributed by atoms with Crippen molar-refractivity contribution >= 4 is 17.1 Å². The van der Waals surface area contributed by atoms with E-state index < -0.39 is 0 Å². The van der Waals surface area contributed by atoms with Crippen LogP contribution < -0.4 is 9.64 Å². The zero-order valence-corrected chi connectivity index (χ0v) is 21.9. The molecule has 2 aromatic carbocycles. The predicted octanol–water partition coefficient (Wildman–Crippen LogP) is 5.17. The Kier molecular flexibility index (Phi) is 6.34. The lowest BCUT2D eigenvalue weighted by atomic mass is 9.96. The van der Waals surface area contributed by atoms with Crippen LogP contribution in [0.25, 0.3) is 27.9 Å². The van der Waals surface area contributed by atoms with Gasteiger partial charge in [-0.3, -0.25) is 9.20 Å². The van der Waals surface area contributed by atoms with Crippen molar-refractivity contribution in [3.05, 3.63) is 72.2 Å². The third kappa shape index (κ3) is 4.31. The van der Waals surface area contributed by atoms with Gasteiger partial charge in [0.05, 0.1) is 42.9 Å². The van der Waals surface area contributed by atoms with Crippen LogP contribution in [-0.2, 0) is 11.2 Å². The summed E-state index contributed by atoms with van der Waals surface area (Å²) >= 11 is 0. The topological polar surface area (TPSA) is 73.9 Å². The SMILES string of the molecule is CCN1CCCC(COc2cc(-c3ccc(C#N)cc3)c(-c3ccc4c(c3)CC(=O)N4C)n3cncc23)C1. The van der Waals surface area contributed by atoms with Gasteiger partial charge in [-0.05, 0) is 73.0 Å². The first-order chi connectivity index (χ1) is 18.6. The number of carbonyl (C=O) groups excluding carboxylic acids is 1. The second kappa shape index (κ2) is 9.96. The number of carbonyl (C=O) groups is 1. The van der Waals surface area contributed by atoms with Gasteiger partial charge in [0.15, 0.2) is 0 Å². The molecular weight excluding hydrogens is 474 g/mol. The van der Waals surface area contributed by atoms with E-state index in [0.29, 0.717) is 24.5 Å². The van der Waals surface area contributed by atoms with Crippen LogP contribution in [0.5, 0.6) is 5.75 Å². The number of piperidine rings is 1. The quantitative estimate of drug-likeness (QED) is 0.362. The van der Waals surface area contributed by atoms with Crippen LogP contribution in [0.3, 0.4) is 0 Å². The molecule has 1 atom stereocenters. The molecule has 7 heteroatoms. The summed E-state index contributed by atoms with van der Waals surface area (Å²) in [6, 6.07) is 18.2. The van der Waals surface area contributed by atoms with Crippen LogP contribution in [-0.4, -0.2) is 53.5 Å². The van der Waals surface area contributed by atoms with Crippen LogP contribution in [0, 0.1) is 17.2 Å². The number of nitriles is 1. The third-order valence-electron chi connectivity index (χ3n) is 7.94. The van der Waals surface area contributed by atoms with Crippen molar-refractivity contribution in [2.45, 2.75) is 26.2 Å². The number of imidazole rings is 1. The van der Waals surface area contributed by atoms with Gasteiger partial charge in [0.1, 0.15) is 11.3 Å². The minimum atomic E-state index is 0.102. The summed E-state index contributed by atoms with van der Waals surface area (Å²) in [4.78, 5) is 21.1. The molecule has 1 unspecified atom stereocenters. The molecular formula is C31H31N5O2. The van der Waals surface area contributed by atoms with Gasteiger partial charge in [-0.2, -0.15) is 5.26 Å². The molecule has 38 heavy (non-hydrogen) atoms. The largest absolute Gasteiger partial charge is 0.491 e. The molecule has 0 saturated carbocycles. The number of hydrogen-bond donors (Lipinski definition) is 0. The Labute approximate surface area is 222 Å². The van der Waals surface area contributed by atoms with Crippen molar-refractivity contribution in [1.82, 2.24) is 14.3 Å². The minimum absolute atomic E-state index is 0.102. The van der Waals surface area contributed by atoms with E-state index in [0.717, 1.165) is 58.0 Å². The smallest absolute Gasteiger partial charge is 0.231 e. The number of ether oxygens (including phenoxy) is 1. The van der Waals surface area contributed by atoms with E-state index in [1.54, 1.807) is 4.90 Å². The summed E-state index contributed by atoms with van der Waals surface area (Å²) in [6.45, 7) is 6.18. The fourth-order valence-electron chi connectivity index (χ4n) is 5.81. The second-order valence-electron chi connectivity index (χ2n) is 10.3. The normalized spacial score (nSPS) is 17.6. The van der Waals surface area contributed by atoms with Gasteiger partial charge < -0.3 is 14.5 Å². The average Bonchev–Trinajstić information content (AvgIpc) is 3.55. The summed E-state index contributed by atoms with van der Waals surface area (Å²) in [5, 5.41) is 9.33. The number of nitrogens with zero attached hydrogens (tertiary/aromatic N) is 5. The molecule has 1 saturated heterocycles. The number of amides is 1. The fraction of sp³-hybridized carbons (Fsp3) is 0.323. The second-order valence-corrected chi connectivity index (χ2v) is 10.3. The maximum atomic E-state index is 12.4. The van der Waals surface area contributed by atoms with Crippen LogP contribution >= 0.6 is 0 Å². The van der Waals surface area contributed by atoms with Crippen molar-refractivity contribution in [3.8, 4) is 34.2 Å². The number of rotatable bonds is 6. The van der Waals surface area contributed by atoms with Crippen LogP contribution in [0.2, 0.25) is 0 Å².